The van der Waals surface area contributed by atoms with Crippen LogP contribution in [0.4, 0.5) is 5.82 Å². The molecule has 6 heteroatoms. The van der Waals surface area contributed by atoms with E-state index in [2.05, 4.69) is 19.8 Å². The minimum absolute atomic E-state index is 0.249. The number of hydrogen-bond donors (Lipinski definition) is 1. The first-order valence-corrected chi connectivity index (χ1v) is 8.83. The van der Waals surface area contributed by atoms with E-state index < -0.39 is 0 Å². The molecule has 6 nitrogen and oxygen atoms in total. The molecule has 4 rings (SSSR count). The van der Waals surface area contributed by atoms with Crippen molar-refractivity contribution in [3.05, 3.63) is 18.6 Å². The topological polar surface area (TPSA) is 67.5 Å². The van der Waals surface area contributed by atoms with E-state index in [1.807, 2.05) is 12.3 Å². The first-order chi connectivity index (χ1) is 11.2. The molecule has 1 aromatic rings. The molecule has 3 aliphatic rings. The second kappa shape index (κ2) is 6.34. The number of rotatable bonds is 3. The van der Waals surface area contributed by atoms with Gasteiger partial charge in [-0.2, -0.15) is 0 Å². The van der Waals surface area contributed by atoms with Gasteiger partial charge in [0.15, 0.2) is 0 Å². The lowest BCUT2D eigenvalue weighted by Gasteiger charge is -2.54. The summed E-state index contributed by atoms with van der Waals surface area (Å²) >= 11 is 0. The lowest BCUT2D eigenvalue weighted by Crippen LogP contribution is -2.61. The average Bonchev–Trinajstić information content (AvgIpc) is 2.57. The van der Waals surface area contributed by atoms with Gasteiger partial charge in [-0.1, -0.05) is 0 Å². The highest BCUT2D eigenvalue weighted by atomic mass is 16.5. The van der Waals surface area contributed by atoms with Crippen LogP contribution in [0.5, 0.6) is 0 Å². The van der Waals surface area contributed by atoms with Crippen molar-refractivity contribution in [1.82, 2.24) is 14.9 Å². The molecular weight excluding hydrogens is 290 g/mol. The van der Waals surface area contributed by atoms with Crippen LogP contribution in [0, 0.1) is 5.41 Å². The van der Waals surface area contributed by atoms with E-state index in [9.17, 15) is 0 Å². The predicted molar refractivity (Wildman–Crippen MR) is 89.3 cm³/mol. The number of likely N-dealkylation sites (tertiary alicyclic amines) is 1. The number of hydrogen-bond acceptors (Lipinski definition) is 6. The van der Waals surface area contributed by atoms with Gasteiger partial charge in [-0.05, 0) is 44.8 Å². The highest BCUT2D eigenvalue weighted by Gasteiger charge is 2.45. The van der Waals surface area contributed by atoms with Crippen LogP contribution in [0.1, 0.15) is 25.7 Å². The molecule has 2 N–H and O–H groups in total. The largest absolute Gasteiger partial charge is 0.375 e. The van der Waals surface area contributed by atoms with Crippen molar-refractivity contribution in [3.63, 3.8) is 0 Å². The molecule has 0 aromatic carbocycles. The number of ether oxygens (including phenoxy) is 1. The maximum Gasteiger partial charge on any atom is 0.131 e. The Bertz CT molecular complexity index is 501. The summed E-state index contributed by atoms with van der Waals surface area (Å²) < 4.78 is 5.87. The van der Waals surface area contributed by atoms with Gasteiger partial charge < -0.3 is 20.3 Å². The molecule has 0 bridgehead atoms. The van der Waals surface area contributed by atoms with E-state index in [-0.39, 0.29) is 6.04 Å². The minimum Gasteiger partial charge on any atom is -0.375 e. The molecule has 3 fully saturated rings. The van der Waals surface area contributed by atoms with Gasteiger partial charge in [0.2, 0.25) is 0 Å². The Morgan fingerprint density at radius 3 is 2.74 bits per heavy atom. The summed E-state index contributed by atoms with van der Waals surface area (Å²) in [6.07, 6.45) is 8.66. The van der Waals surface area contributed by atoms with Gasteiger partial charge in [-0.15, -0.1) is 0 Å². The third-order valence-corrected chi connectivity index (χ3v) is 5.73. The zero-order valence-electron chi connectivity index (χ0n) is 13.7. The third-order valence-electron chi connectivity index (χ3n) is 5.73. The normalized spacial score (nSPS) is 31.1. The molecule has 3 aliphatic heterocycles. The van der Waals surface area contributed by atoms with Crippen LogP contribution >= 0.6 is 0 Å². The van der Waals surface area contributed by atoms with Crippen molar-refractivity contribution in [2.24, 2.45) is 11.1 Å². The molecule has 0 aliphatic carbocycles. The standard InChI is InChI=1S/C17H27N5O/c18-14-1-2-15(23-10-14)9-21-7-4-17(5-8-21)11-22(12-17)16-3-6-19-13-20-16/h3,6,13-15H,1-2,4-5,7-12,18H2/t14-,15+/m1/s1. The molecular formula is C17H27N5O. The number of nitrogens with two attached hydrogens (primary N) is 1. The van der Waals surface area contributed by atoms with Crippen molar-refractivity contribution in [2.45, 2.75) is 37.8 Å². The fourth-order valence-electron chi connectivity index (χ4n) is 4.18. The quantitative estimate of drug-likeness (QED) is 0.893. The molecule has 23 heavy (non-hydrogen) atoms. The summed E-state index contributed by atoms with van der Waals surface area (Å²) in [5.74, 6) is 1.07. The first-order valence-electron chi connectivity index (χ1n) is 8.83. The first kappa shape index (κ1) is 15.3. The predicted octanol–water partition coefficient (Wildman–Crippen LogP) is 0.885. The summed E-state index contributed by atoms with van der Waals surface area (Å²) in [7, 11) is 0. The summed E-state index contributed by atoms with van der Waals surface area (Å²) in [4.78, 5) is 13.3. The monoisotopic (exact) mass is 317 g/mol. The van der Waals surface area contributed by atoms with Gasteiger partial charge in [-0.25, -0.2) is 9.97 Å². The van der Waals surface area contributed by atoms with Gasteiger partial charge in [0, 0.05) is 37.3 Å². The Morgan fingerprint density at radius 1 is 1.26 bits per heavy atom. The van der Waals surface area contributed by atoms with Crippen molar-refractivity contribution in [3.8, 4) is 0 Å². The Kier molecular flexibility index (Phi) is 4.22. The van der Waals surface area contributed by atoms with Crippen LogP contribution in [0.3, 0.4) is 0 Å². The maximum absolute atomic E-state index is 5.90. The van der Waals surface area contributed by atoms with E-state index in [1.54, 1.807) is 6.33 Å². The van der Waals surface area contributed by atoms with E-state index in [4.69, 9.17) is 10.5 Å². The van der Waals surface area contributed by atoms with E-state index in [1.165, 1.54) is 25.9 Å². The fraction of sp³-hybridized carbons (Fsp3) is 0.765. The Morgan fingerprint density at radius 2 is 2.09 bits per heavy atom. The highest BCUT2D eigenvalue weighted by molar-refractivity contribution is 5.41. The average molecular weight is 317 g/mol. The van der Waals surface area contributed by atoms with Crippen LogP contribution in [0.15, 0.2) is 18.6 Å². The molecule has 0 radical (unpaired) electrons. The molecule has 0 unspecified atom stereocenters. The van der Waals surface area contributed by atoms with Crippen molar-refractivity contribution in [2.75, 3.05) is 44.2 Å². The van der Waals surface area contributed by atoms with Crippen LogP contribution < -0.4 is 10.6 Å². The lowest BCUT2D eigenvalue weighted by molar-refractivity contribution is -0.0277. The summed E-state index contributed by atoms with van der Waals surface area (Å²) in [6, 6.07) is 2.26. The van der Waals surface area contributed by atoms with Gasteiger partial charge in [0.05, 0.1) is 12.7 Å². The van der Waals surface area contributed by atoms with Gasteiger partial charge in [0.25, 0.3) is 0 Å². The zero-order chi connectivity index (χ0) is 15.7. The Hall–Kier alpha value is -1.24. The minimum atomic E-state index is 0.249. The van der Waals surface area contributed by atoms with E-state index >= 15 is 0 Å². The Labute approximate surface area is 138 Å². The number of aromatic nitrogens is 2. The third kappa shape index (κ3) is 3.34. The van der Waals surface area contributed by atoms with Crippen LogP contribution in [-0.2, 0) is 4.74 Å². The smallest absolute Gasteiger partial charge is 0.131 e. The van der Waals surface area contributed by atoms with E-state index in [0.717, 1.165) is 44.9 Å². The SMILES string of the molecule is N[C@@H]1CC[C@@H](CN2CCC3(CC2)CN(c2ccncn2)C3)OC1. The molecule has 0 amide bonds. The second-order valence-electron chi connectivity index (χ2n) is 7.52. The molecule has 0 saturated carbocycles. The van der Waals surface area contributed by atoms with Crippen molar-refractivity contribution < 1.29 is 4.74 Å². The second-order valence-corrected chi connectivity index (χ2v) is 7.52. The van der Waals surface area contributed by atoms with E-state index in [0.29, 0.717) is 11.5 Å². The summed E-state index contributed by atoms with van der Waals surface area (Å²) in [5.41, 5.74) is 6.41. The fourth-order valence-corrected chi connectivity index (χ4v) is 4.18. The molecule has 126 valence electrons. The van der Waals surface area contributed by atoms with Gasteiger partial charge in [0.1, 0.15) is 12.1 Å². The summed E-state index contributed by atoms with van der Waals surface area (Å²) in [6.45, 7) is 6.50. The molecule has 1 aromatic heterocycles. The van der Waals surface area contributed by atoms with Crippen molar-refractivity contribution >= 4 is 5.82 Å². The summed E-state index contributed by atoms with van der Waals surface area (Å²) in [5, 5.41) is 0. The van der Waals surface area contributed by atoms with Crippen LogP contribution in [-0.4, -0.2) is 66.3 Å². The lowest BCUT2D eigenvalue weighted by atomic mass is 9.72. The van der Waals surface area contributed by atoms with Crippen LogP contribution in [0.25, 0.3) is 0 Å². The maximum atomic E-state index is 5.90. The number of piperidine rings is 1. The van der Waals surface area contributed by atoms with Crippen LogP contribution in [0.2, 0.25) is 0 Å². The van der Waals surface area contributed by atoms with Gasteiger partial charge in [-0.3, -0.25) is 0 Å². The molecule has 2 atom stereocenters. The Balaban J connectivity index is 1.23. The molecule has 1 spiro atoms. The number of anilines is 1. The van der Waals surface area contributed by atoms with Gasteiger partial charge >= 0.3 is 0 Å². The molecule has 3 saturated heterocycles. The number of nitrogens with zero attached hydrogens (tertiary/aromatic N) is 4. The molecule has 4 heterocycles. The van der Waals surface area contributed by atoms with Crippen molar-refractivity contribution in [1.29, 1.82) is 0 Å². The zero-order valence-corrected chi connectivity index (χ0v) is 13.7. The highest BCUT2D eigenvalue weighted by Crippen LogP contribution is 2.42.